The van der Waals surface area contributed by atoms with E-state index in [0.717, 1.165) is 11.3 Å². The molecule has 1 rings (SSSR count). The summed E-state index contributed by atoms with van der Waals surface area (Å²) in [6, 6.07) is -0.431. The van der Waals surface area contributed by atoms with Crippen LogP contribution in [0.15, 0.2) is 6.20 Å². The first kappa shape index (κ1) is 12.7. The second-order valence-corrected chi connectivity index (χ2v) is 4.09. The van der Waals surface area contributed by atoms with Gasteiger partial charge in [0.1, 0.15) is 6.04 Å². The van der Waals surface area contributed by atoms with Crippen molar-refractivity contribution in [3.05, 3.63) is 17.5 Å². The Labute approximate surface area is 95.7 Å². The van der Waals surface area contributed by atoms with Gasteiger partial charge in [-0.3, -0.25) is 14.4 Å². The minimum absolute atomic E-state index is 0.431. The summed E-state index contributed by atoms with van der Waals surface area (Å²) < 4.78 is 1.75. The number of likely N-dealkylation sites (N-methyl/N-ethyl adjacent to an activating group) is 1. The summed E-state index contributed by atoms with van der Waals surface area (Å²) in [5, 5.41) is 13.3. The molecule has 0 radical (unpaired) electrons. The first-order chi connectivity index (χ1) is 7.45. The molecule has 0 spiro atoms. The standard InChI is InChI=1S/C11H19N3O2/c1-5-10(11(15)16)13(3)6-9-7-14(4)12-8(9)2/h7,10H,5-6H2,1-4H3,(H,15,16). The van der Waals surface area contributed by atoms with E-state index in [1.54, 1.807) is 4.68 Å². The molecular formula is C11H19N3O2. The Morgan fingerprint density at radius 1 is 1.69 bits per heavy atom. The molecule has 1 heterocycles. The van der Waals surface area contributed by atoms with Crippen LogP contribution in [-0.4, -0.2) is 38.8 Å². The molecule has 1 aromatic rings. The topological polar surface area (TPSA) is 58.4 Å². The SMILES string of the molecule is CCC(C(=O)O)N(C)Cc1cn(C)nc1C. The molecule has 1 atom stereocenters. The van der Waals surface area contributed by atoms with Gasteiger partial charge in [-0.2, -0.15) is 5.10 Å². The number of aromatic nitrogens is 2. The van der Waals surface area contributed by atoms with Crippen molar-refractivity contribution < 1.29 is 9.90 Å². The normalized spacial score (nSPS) is 13.1. The van der Waals surface area contributed by atoms with Gasteiger partial charge in [0, 0.05) is 25.4 Å². The zero-order valence-electron chi connectivity index (χ0n) is 10.3. The Hall–Kier alpha value is -1.36. The van der Waals surface area contributed by atoms with Gasteiger partial charge < -0.3 is 5.11 Å². The quantitative estimate of drug-likeness (QED) is 0.813. The van der Waals surface area contributed by atoms with Gasteiger partial charge in [0.2, 0.25) is 0 Å². The van der Waals surface area contributed by atoms with Crippen LogP contribution in [0.2, 0.25) is 0 Å². The molecule has 0 saturated carbocycles. The number of hydrogen-bond acceptors (Lipinski definition) is 3. The van der Waals surface area contributed by atoms with Crippen molar-refractivity contribution in [3.8, 4) is 0 Å². The van der Waals surface area contributed by atoms with E-state index in [9.17, 15) is 4.79 Å². The van der Waals surface area contributed by atoms with Crippen LogP contribution in [0.25, 0.3) is 0 Å². The number of nitrogens with zero attached hydrogens (tertiary/aromatic N) is 3. The minimum Gasteiger partial charge on any atom is -0.480 e. The predicted molar refractivity (Wildman–Crippen MR) is 61.1 cm³/mol. The molecule has 5 heteroatoms. The highest BCUT2D eigenvalue weighted by molar-refractivity contribution is 5.73. The van der Waals surface area contributed by atoms with E-state index in [2.05, 4.69) is 5.10 Å². The first-order valence-electron chi connectivity index (χ1n) is 5.37. The smallest absolute Gasteiger partial charge is 0.320 e. The van der Waals surface area contributed by atoms with Gasteiger partial charge in [-0.05, 0) is 20.4 Å². The molecule has 16 heavy (non-hydrogen) atoms. The number of rotatable bonds is 5. The second kappa shape index (κ2) is 5.12. The van der Waals surface area contributed by atoms with Gasteiger partial charge in [0.15, 0.2) is 0 Å². The second-order valence-electron chi connectivity index (χ2n) is 4.09. The van der Waals surface area contributed by atoms with Crippen molar-refractivity contribution in [2.45, 2.75) is 32.9 Å². The maximum atomic E-state index is 11.0. The van der Waals surface area contributed by atoms with Crippen molar-refractivity contribution in [1.29, 1.82) is 0 Å². The van der Waals surface area contributed by atoms with Gasteiger partial charge in [-0.15, -0.1) is 0 Å². The van der Waals surface area contributed by atoms with E-state index in [4.69, 9.17) is 5.11 Å². The third-order valence-corrected chi connectivity index (χ3v) is 2.74. The van der Waals surface area contributed by atoms with Crippen molar-refractivity contribution in [3.63, 3.8) is 0 Å². The lowest BCUT2D eigenvalue weighted by atomic mass is 10.1. The van der Waals surface area contributed by atoms with Crippen molar-refractivity contribution in [1.82, 2.24) is 14.7 Å². The number of hydrogen-bond donors (Lipinski definition) is 1. The van der Waals surface area contributed by atoms with Gasteiger partial charge in [-0.1, -0.05) is 6.92 Å². The number of aliphatic carboxylic acids is 1. The van der Waals surface area contributed by atoms with Crippen LogP contribution in [0.4, 0.5) is 0 Å². The van der Waals surface area contributed by atoms with Crippen LogP contribution in [0.1, 0.15) is 24.6 Å². The van der Waals surface area contributed by atoms with Gasteiger partial charge in [0.05, 0.1) is 5.69 Å². The first-order valence-corrected chi connectivity index (χ1v) is 5.37. The Balaban J connectivity index is 2.73. The molecule has 90 valence electrons. The van der Waals surface area contributed by atoms with Crippen molar-refractivity contribution in [2.24, 2.45) is 7.05 Å². The molecule has 0 fully saturated rings. The lowest BCUT2D eigenvalue weighted by Gasteiger charge is -2.22. The van der Waals surface area contributed by atoms with E-state index >= 15 is 0 Å². The van der Waals surface area contributed by atoms with Gasteiger partial charge >= 0.3 is 5.97 Å². The van der Waals surface area contributed by atoms with Crippen molar-refractivity contribution >= 4 is 5.97 Å². The lowest BCUT2D eigenvalue weighted by molar-refractivity contribution is -0.143. The highest BCUT2D eigenvalue weighted by Crippen LogP contribution is 2.11. The van der Waals surface area contributed by atoms with Crippen LogP contribution >= 0.6 is 0 Å². The summed E-state index contributed by atoms with van der Waals surface area (Å²) in [6.07, 6.45) is 2.53. The summed E-state index contributed by atoms with van der Waals surface area (Å²) >= 11 is 0. The van der Waals surface area contributed by atoms with E-state index in [0.29, 0.717) is 13.0 Å². The highest BCUT2D eigenvalue weighted by Gasteiger charge is 2.21. The fourth-order valence-electron chi connectivity index (χ4n) is 1.86. The predicted octanol–water partition coefficient (Wildman–Crippen LogP) is 1.02. The fraction of sp³-hybridized carbons (Fsp3) is 0.636. The Bertz CT molecular complexity index is 373. The zero-order valence-corrected chi connectivity index (χ0v) is 10.3. The summed E-state index contributed by atoms with van der Waals surface area (Å²) in [6.45, 7) is 4.43. The minimum atomic E-state index is -0.772. The average Bonchev–Trinajstić information content (AvgIpc) is 2.45. The number of carbonyl (C=O) groups is 1. The molecule has 5 nitrogen and oxygen atoms in total. The van der Waals surface area contributed by atoms with Crippen LogP contribution in [0.3, 0.4) is 0 Å². The summed E-state index contributed by atoms with van der Waals surface area (Å²) in [4.78, 5) is 12.8. The van der Waals surface area contributed by atoms with Crippen LogP contribution in [0, 0.1) is 6.92 Å². The van der Waals surface area contributed by atoms with Gasteiger partial charge in [0.25, 0.3) is 0 Å². The van der Waals surface area contributed by atoms with Gasteiger partial charge in [-0.25, -0.2) is 0 Å². The average molecular weight is 225 g/mol. The van der Waals surface area contributed by atoms with Crippen LogP contribution in [-0.2, 0) is 18.4 Å². The maximum absolute atomic E-state index is 11.0. The molecule has 0 aliphatic heterocycles. The largest absolute Gasteiger partial charge is 0.480 e. The van der Waals surface area contributed by atoms with Crippen LogP contribution in [0.5, 0.6) is 0 Å². The molecule has 0 bridgehead atoms. The molecular weight excluding hydrogens is 206 g/mol. The molecule has 1 N–H and O–H groups in total. The molecule has 1 unspecified atom stereocenters. The lowest BCUT2D eigenvalue weighted by Crippen LogP contribution is -2.37. The summed E-state index contributed by atoms with van der Waals surface area (Å²) in [5.41, 5.74) is 2.03. The van der Waals surface area contributed by atoms with Crippen LogP contribution < -0.4 is 0 Å². The number of aryl methyl sites for hydroxylation is 2. The van der Waals surface area contributed by atoms with E-state index in [-0.39, 0.29) is 0 Å². The Morgan fingerprint density at radius 2 is 2.31 bits per heavy atom. The van der Waals surface area contributed by atoms with Crippen molar-refractivity contribution in [2.75, 3.05) is 7.05 Å². The third-order valence-electron chi connectivity index (χ3n) is 2.74. The molecule has 0 amide bonds. The Morgan fingerprint density at radius 3 is 2.69 bits per heavy atom. The summed E-state index contributed by atoms with van der Waals surface area (Å²) in [7, 11) is 3.69. The molecule has 0 saturated heterocycles. The van der Waals surface area contributed by atoms with E-state index < -0.39 is 12.0 Å². The number of carboxylic acids is 1. The summed E-state index contributed by atoms with van der Waals surface area (Å²) in [5.74, 6) is -0.772. The number of carboxylic acid groups (broad SMARTS) is 1. The monoisotopic (exact) mass is 225 g/mol. The molecule has 1 aromatic heterocycles. The third kappa shape index (κ3) is 2.82. The van der Waals surface area contributed by atoms with E-state index in [1.807, 2.05) is 39.0 Å². The van der Waals surface area contributed by atoms with E-state index in [1.165, 1.54) is 0 Å². The molecule has 0 aromatic carbocycles. The Kier molecular flexibility index (Phi) is 4.06. The maximum Gasteiger partial charge on any atom is 0.320 e. The molecule has 0 aliphatic rings. The zero-order chi connectivity index (χ0) is 12.3. The molecule has 0 aliphatic carbocycles. The fourth-order valence-corrected chi connectivity index (χ4v) is 1.86. The highest BCUT2D eigenvalue weighted by atomic mass is 16.4.